The zero-order chi connectivity index (χ0) is 18.2. The molecule has 3 rings (SSSR count). The summed E-state index contributed by atoms with van der Waals surface area (Å²) >= 11 is 0. The second kappa shape index (κ2) is 8.99. The molecule has 1 aromatic heterocycles. The lowest BCUT2D eigenvalue weighted by Gasteiger charge is -2.32. The van der Waals surface area contributed by atoms with Crippen LogP contribution in [0.5, 0.6) is 5.75 Å². The molecule has 136 valence electrons. The Bertz CT molecular complexity index is 714. The van der Waals surface area contributed by atoms with Gasteiger partial charge >= 0.3 is 0 Å². The topological polar surface area (TPSA) is 71.5 Å². The number of likely N-dealkylation sites (tertiary alicyclic amines) is 1. The van der Waals surface area contributed by atoms with Crippen LogP contribution in [0, 0.1) is 5.92 Å². The van der Waals surface area contributed by atoms with E-state index < -0.39 is 0 Å². The van der Waals surface area contributed by atoms with E-state index >= 15 is 0 Å². The summed E-state index contributed by atoms with van der Waals surface area (Å²) in [5, 5.41) is 2.93. The number of aromatic nitrogens is 1. The summed E-state index contributed by atoms with van der Waals surface area (Å²) in [4.78, 5) is 30.2. The van der Waals surface area contributed by atoms with E-state index in [4.69, 9.17) is 4.74 Å². The number of nitrogens with zero attached hydrogens (tertiary/aromatic N) is 2. The minimum absolute atomic E-state index is 0.00447. The Kier molecular flexibility index (Phi) is 6.19. The standard InChI is InChI=1S/C20H23N3O3/c24-19(15-26-17-6-2-1-3-7-17)23-12-9-16(10-13-23)14-22-20(25)18-8-4-5-11-21-18/h1-8,11,16H,9-10,12-15H2,(H,22,25). The molecular formula is C20H23N3O3. The fourth-order valence-electron chi connectivity index (χ4n) is 2.96. The van der Waals surface area contributed by atoms with Gasteiger partial charge in [0, 0.05) is 25.8 Å². The van der Waals surface area contributed by atoms with Gasteiger partial charge in [-0.05, 0) is 43.0 Å². The molecule has 2 aromatic rings. The van der Waals surface area contributed by atoms with Crippen LogP contribution in [0.15, 0.2) is 54.7 Å². The molecule has 6 nitrogen and oxygen atoms in total. The summed E-state index contributed by atoms with van der Waals surface area (Å²) in [6.07, 6.45) is 3.36. The molecule has 6 heteroatoms. The fraction of sp³-hybridized carbons (Fsp3) is 0.350. The molecule has 1 fully saturated rings. The van der Waals surface area contributed by atoms with Gasteiger partial charge in [-0.25, -0.2) is 0 Å². The van der Waals surface area contributed by atoms with Gasteiger partial charge in [0.25, 0.3) is 11.8 Å². The molecule has 1 saturated heterocycles. The zero-order valence-electron chi connectivity index (χ0n) is 14.6. The van der Waals surface area contributed by atoms with Gasteiger partial charge < -0.3 is 15.0 Å². The average molecular weight is 353 g/mol. The molecule has 0 spiro atoms. The quantitative estimate of drug-likeness (QED) is 0.864. The molecule has 1 aromatic carbocycles. The molecule has 0 radical (unpaired) electrons. The van der Waals surface area contributed by atoms with Gasteiger partial charge in [0.2, 0.25) is 0 Å². The van der Waals surface area contributed by atoms with Crippen LogP contribution in [0.2, 0.25) is 0 Å². The predicted molar refractivity (Wildman–Crippen MR) is 97.8 cm³/mol. The van der Waals surface area contributed by atoms with Crippen LogP contribution in [0.1, 0.15) is 23.3 Å². The Morgan fingerprint density at radius 1 is 1.08 bits per heavy atom. The van der Waals surface area contributed by atoms with Crippen LogP contribution in [-0.4, -0.2) is 47.9 Å². The largest absolute Gasteiger partial charge is 0.484 e. The van der Waals surface area contributed by atoms with Gasteiger partial charge in [-0.2, -0.15) is 0 Å². The molecular weight excluding hydrogens is 330 g/mol. The van der Waals surface area contributed by atoms with Crippen molar-refractivity contribution in [3.05, 3.63) is 60.4 Å². The van der Waals surface area contributed by atoms with Gasteiger partial charge in [-0.3, -0.25) is 14.6 Å². The summed E-state index contributed by atoms with van der Waals surface area (Å²) < 4.78 is 5.52. The second-order valence-corrected chi connectivity index (χ2v) is 6.35. The highest BCUT2D eigenvalue weighted by atomic mass is 16.5. The van der Waals surface area contributed by atoms with Crippen molar-refractivity contribution < 1.29 is 14.3 Å². The van der Waals surface area contributed by atoms with Crippen molar-refractivity contribution >= 4 is 11.8 Å². The number of hydrogen-bond acceptors (Lipinski definition) is 4. The highest BCUT2D eigenvalue weighted by Crippen LogP contribution is 2.17. The van der Waals surface area contributed by atoms with Crippen molar-refractivity contribution in [1.82, 2.24) is 15.2 Å². The number of pyridine rings is 1. The van der Waals surface area contributed by atoms with Gasteiger partial charge in [0.05, 0.1) is 0 Å². The number of carbonyl (C=O) groups excluding carboxylic acids is 2. The lowest BCUT2D eigenvalue weighted by atomic mass is 9.96. The fourth-order valence-corrected chi connectivity index (χ4v) is 2.96. The van der Waals surface area contributed by atoms with E-state index in [1.54, 1.807) is 24.4 Å². The number of hydrogen-bond donors (Lipinski definition) is 1. The number of ether oxygens (including phenoxy) is 1. The smallest absolute Gasteiger partial charge is 0.269 e. The number of carbonyl (C=O) groups is 2. The monoisotopic (exact) mass is 353 g/mol. The molecule has 0 saturated carbocycles. The summed E-state index contributed by atoms with van der Waals surface area (Å²) in [7, 11) is 0. The van der Waals surface area contributed by atoms with E-state index in [-0.39, 0.29) is 18.4 Å². The van der Waals surface area contributed by atoms with Gasteiger partial charge in [-0.1, -0.05) is 24.3 Å². The highest BCUT2D eigenvalue weighted by molar-refractivity contribution is 5.92. The molecule has 0 unspecified atom stereocenters. The first-order valence-electron chi connectivity index (χ1n) is 8.87. The third-order valence-corrected chi connectivity index (χ3v) is 4.52. The van der Waals surface area contributed by atoms with Crippen LogP contribution in [0.4, 0.5) is 0 Å². The van der Waals surface area contributed by atoms with E-state index in [2.05, 4.69) is 10.3 Å². The van der Waals surface area contributed by atoms with Crippen LogP contribution < -0.4 is 10.1 Å². The summed E-state index contributed by atoms with van der Waals surface area (Å²) in [6.45, 7) is 2.06. The Hall–Kier alpha value is -2.89. The van der Waals surface area contributed by atoms with Crippen molar-refractivity contribution in [1.29, 1.82) is 0 Å². The van der Waals surface area contributed by atoms with Crippen LogP contribution in [0.3, 0.4) is 0 Å². The molecule has 0 atom stereocenters. The number of amides is 2. The zero-order valence-corrected chi connectivity index (χ0v) is 14.6. The average Bonchev–Trinajstić information content (AvgIpc) is 2.72. The number of nitrogens with one attached hydrogen (secondary N) is 1. The second-order valence-electron chi connectivity index (χ2n) is 6.35. The summed E-state index contributed by atoms with van der Waals surface area (Å²) in [5.74, 6) is 0.930. The predicted octanol–water partition coefficient (Wildman–Crippen LogP) is 2.13. The van der Waals surface area contributed by atoms with Crippen molar-refractivity contribution in [3.63, 3.8) is 0 Å². The molecule has 2 amide bonds. The van der Waals surface area contributed by atoms with Crippen LogP contribution >= 0.6 is 0 Å². The van der Waals surface area contributed by atoms with Crippen molar-refractivity contribution in [2.24, 2.45) is 5.92 Å². The van der Waals surface area contributed by atoms with Gasteiger partial charge in [0.15, 0.2) is 6.61 Å². The first-order valence-corrected chi connectivity index (χ1v) is 8.87. The molecule has 1 aliphatic rings. The van der Waals surface area contributed by atoms with E-state index in [0.717, 1.165) is 12.8 Å². The van der Waals surface area contributed by atoms with Crippen LogP contribution in [-0.2, 0) is 4.79 Å². The van der Waals surface area contributed by atoms with Gasteiger partial charge in [-0.15, -0.1) is 0 Å². The maximum atomic E-state index is 12.3. The van der Waals surface area contributed by atoms with E-state index in [1.165, 1.54) is 0 Å². The molecule has 1 aliphatic heterocycles. The molecule has 0 bridgehead atoms. The SMILES string of the molecule is O=C(NCC1CCN(C(=O)COc2ccccc2)CC1)c1ccccn1. The number of rotatable bonds is 6. The number of piperidine rings is 1. The maximum Gasteiger partial charge on any atom is 0.269 e. The lowest BCUT2D eigenvalue weighted by molar-refractivity contribution is -0.134. The highest BCUT2D eigenvalue weighted by Gasteiger charge is 2.23. The lowest BCUT2D eigenvalue weighted by Crippen LogP contribution is -2.43. The molecule has 1 N–H and O–H groups in total. The Morgan fingerprint density at radius 2 is 1.81 bits per heavy atom. The van der Waals surface area contributed by atoms with E-state index in [9.17, 15) is 9.59 Å². The number of para-hydroxylation sites is 1. The first-order chi connectivity index (χ1) is 12.7. The third kappa shape index (κ3) is 5.05. The minimum Gasteiger partial charge on any atom is -0.484 e. The summed E-state index contributed by atoms with van der Waals surface area (Å²) in [5.41, 5.74) is 0.429. The van der Waals surface area contributed by atoms with Crippen molar-refractivity contribution in [3.8, 4) is 5.75 Å². The Balaban J connectivity index is 1.37. The summed E-state index contributed by atoms with van der Waals surface area (Å²) in [6, 6.07) is 14.6. The van der Waals surface area contributed by atoms with Crippen molar-refractivity contribution in [2.45, 2.75) is 12.8 Å². The van der Waals surface area contributed by atoms with Crippen LogP contribution in [0.25, 0.3) is 0 Å². The van der Waals surface area contributed by atoms with Crippen molar-refractivity contribution in [2.75, 3.05) is 26.2 Å². The van der Waals surface area contributed by atoms with Gasteiger partial charge in [0.1, 0.15) is 11.4 Å². The first kappa shape index (κ1) is 17.9. The third-order valence-electron chi connectivity index (χ3n) is 4.52. The number of benzene rings is 1. The Labute approximate surface area is 153 Å². The molecule has 26 heavy (non-hydrogen) atoms. The van der Waals surface area contributed by atoms with E-state index in [1.807, 2.05) is 35.2 Å². The molecule has 2 heterocycles. The van der Waals surface area contributed by atoms with E-state index in [0.29, 0.717) is 37.0 Å². The molecule has 0 aliphatic carbocycles. The maximum absolute atomic E-state index is 12.3. The normalized spacial score (nSPS) is 14.7. The minimum atomic E-state index is -0.152. The Morgan fingerprint density at radius 3 is 2.50 bits per heavy atom.